The summed E-state index contributed by atoms with van der Waals surface area (Å²) in [7, 11) is -3.72. The molecule has 1 unspecified atom stereocenters. The van der Waals surface area contributed by atoms with Crippen LogP contribution in [0, 0.1) is 11.3 Å². The van der Waals surface area contributed by atoms with Crippen LogP contribution >= 0.6 is 0 Å². The number of sulfonamides is 1. The van der Waals surface area contributed by atoms with Gasteiger partial charge in [0.25, 0.3) is 5.88 Å². The van der Waals surface area contributed by atoms with Crippen LogP contribution in [0.4, 0.5) is 0 Å². The lowest BCUT2D eigenvalue weighted by Gasteiger charge is -2.32. The lowest BCUT2D eigenvalue weighted by atomic mass is 10.1. The number of rotatable bonds is 4. The average molecular weight is 402 g/mol. The number of benzene rings is 1. The summed E-state index contributed by atoms with van der Waals surface area (Å²) in [5.74, 6) is 1.08. The van der Waals surface area contributed by atoms with E-state index in [1.165, 1.54) is 28.8 Å². The van der Waals surface area contributed by atoms with Crippen LogP contribution in [0.3, 0.4) is 0 Å². The van der Waals surface area contributed by atoms with E-state index in [1.807, 2.05) is 6.07 Å². The van der Waals surface area contributed by atoms with E-state index in [9.17, 15) is 8.42 Å². The predicted octanol–water partition coefficient (Wildman–Crippen LogP) is 1.35. The minimum absolute atomic E-state index is 0.0781. The number of hydrogen-bond acceptors (Lipinski definition) is 8. The molecule has 1 aromatic heterocycles. The molecule has 1 fully saturated rings. The Morgan fingerprint density at radius 3 is 2.79 bits per heavy atom. The van der Waals surface area contributed by atoms with Gasteiger partial charge in [0.15, 0.2) is 11.5 Å². The number of aromatic nitrogens is 2. The molecule has 0 bridgehead atoms. The molecule has 0 aliphatic carbocycles. The van der Waals surface area contributed by atoms with Gasteiger partial charge in [0.1, 0.15) is 25.4 Å². The van der Waals surface area contributed by atoms with Gasteiger partial charge in [-0.15, -0.1) is 0 Å². The van der Waals surface area contributed by atoms with Crippen molar-refractivity contribution in [3.8, 4) is 23.4 Å². The number of nitrogens with zero attached hydrogens (tertiary/aromatic N) is 4. The fourth-order valence-electron chi connectivity index (χ4n) is 3.20. The largest absolute Gasteiger partial charge is 0.486 e. The molecule has 0 saturated carbocycles. The summed E-state index contributed by atoms with van der Waals surface area (Å²) in [6.45, 7) is 1.38. The second-order valence-corrected chi connectivity index (χ2v) is 8.31. The molecule has 1 saturated heterocycles. The molecule has 4 rings (SSSR count). The maximum Gasteiger partial charge on any atom is 0.251 e. The van der Waals surface area contributed by atoms with Crippen LogP contribution in [-0.4, -0.2) is 55.1 Å². The number of hydrogen-bond donors (Lipinski definition) is 0. The van der Waals surface area contributed by atoms with E-state index in [1.54, 1.807) is 6.07 Å². The lowest BCUT2D eigenvalue weighted by molar-refractivity contribution is 0.124. The van der Waals surface area contributed by atoms with Gasteiger partial charge in [-0.2, -0.15) is 9.57 Å². The number of fused-ring (bicyclic) bond motifs is 1. The molecule has 2 aliphatic heterocycles. The maximum absolute atomic E-state index is 13.1. The minimum atomic E-state index is -3.72. The highest BCUT2D eigenvalue weighted by Crippen LogP contribution is 2.34. The lowest BCUT2D eigenvalue weighted by Crippen LogP contribution is -2.44. The summed E-state index contributed by atoms with van der Waals surface area (Å²) >= 11 is 0. The summed E-state index contributed by atoms with van der Waals surface area (Å²) in [4.78, 5) is 8.09. The Kier molecular flexibility index (Phi) is 5.02. The molecule has 28 heavy (non-hydrogen) atoms. The van der Waals surface area contributed by atoms with Gasteiger partial charge in [0, 0.05) is 25.0 Å². The first-order chi connectivity index (χ1) is 13.6. The van der Waals surface area contributed by atoms with Gasteiger partial charge in [0.2, 0.25) is 15.7 Å². The second kappa shape index (κ2) is 7.61. The Morgan fingerprint density at radius 2 is 1.96 bits per heavy atom. The zero-order chi connectivity index (χ0) is 19.6. The van der Waals surface area contributed by atoms with Gasteiger partial charge in [-0.1, -0.05) is 0 Å². The zero-order valence-corrected chi connectivity index (χ0v) is 15.8. The van der Waals surface area contributed by atoms with Crippen LogP contribution in [0.2, 0.25) is 0 Å². The third-order valence-corrected chi connectivity index (χ3v) is 6.40. The highest BCUT2D eigenvalue weighted by Gasteiger charge is 2.32. The SMILES string of the molecule is N#Cc1nccnc1OC1CCCN(S(=O)(=O)c2ccc3c(c2)OCCO3)C1. The average Bonchev–Trinajstić information content (AvgIpc) is 2.74. The third kappa shape index (κ3) is 3.58. The van der Waals surface area contributed by atoms with E-state index < -0.39 is 16.1 Å². The summed E-state index contributed by atoms with van der Waals surface area (Å²) in [6, 6.07) is 6.54. The van der Waals surface area contributed by atoms with Gasteiger partial charge in [0.05, 0.1) is 11.4 Å². The fraction of sp³-hybridized carbons (Fsp3) is 0.389. The molecule has 0 amide bonds. The number of nitriles is 1. The summed E-state index contributed by atoms with van der Waals surface area (Å²) in [5.41, 5.74) is 0.0781. The smallest absolute Gasteiger partial charge is 0.251 e. The van der Waals surface area contributed by atoms with E-state index in [0.29, 0.717) is 44.1 Å². The second-order valence-electron chi connectivity index (χ2n) is 6.37. The zero-order valence-electron chi connectivity index (χ0n) is 14.9. The quantitative estimate of drug-likeness (QED) is 0.753. The topological polar surface area (TPSA) is 115 Å². The van der Waals surface area contributed by atoms with Gasteiger partial charge in [-0.05, 0) is 25.0 Å². The molecule has 146 valence electrons. The van der Waals surface area contributed by atoms with Crippen LogP contribution < -0.4 is 14.2 Å². The van der Waals surface area contributed by atoms with E-state index in [2.05, 4.69) is 9.97 Å². The molecule has 0 N–H and O–H groups in total. The van der Waals surface area contributed by atoms with Gasteiger partial charge in [-0.3, -0.25) is 0 Å². The molecule has 1 atom stereocenters. The molecule has 0 spiro atoms. The summed E-state index contributed by atoms with van der Waals surface area (Å²) < 4.78 is 44.3. The van der Waals surface area contributed by atoms with Crippen molar-refractivity contribution in [3.63, 3.8) is 0 Å². The molecular weight excluding hydrogens is 384 g/mol. The fourth-order valence-corrected chi connectivity index (χ4v) is 4.72. The molecule has 2 aliphatic rings. The first kappa shape index (κ1) is 18.5. The molecule has 10 heteroatoms. The Hall–Kier alpha value is -2.90. The van der Waals surface area contributed by atoms with E-state index in [0.717, 1.165) is 0 Å². The summed E-state index contributed by atoms with van der Waals surface area (Å²) in [5, 5.41) is 9.11. The Labute approximate surface area is 162 Å². The van der Waals surface area contributed by atoms with Crippen molar-refractivity contribution in [2.75, 3.05) is 26.3 Å². The normalized spacial score (nSPS) is 19.6. The van der Waals surface area contributed by atoms with Crippen molar-refractivity contribution >= 4 is 10.0 Å². The van der Waals surface area contributed by atoms with Gasteiger partial charge >= 0.3 is 0 Å². The Balaban J connectivity index is 1.53. The van der Waals surface area contributed by atoms with E-state index in [-0.39, 0.29) is 23.0 Å². The Bertz CT molecular complexity index is 1020. The molecular formula is C18H18N4O5S. The van der Waals surface area contributed by atoms with Crippen molar-refractivity contribution in [2.24, 2.45) is 0 Å². The molecule has 3 heterocycles. The van der Waals surface area contributed by atoms with Crippen molar-refractivity contribution in [1.29, 1.82) is 5.26 Å². The van der Waals surface area contributed by atoms with Crippen LogP contribution in [0.15, 0.2) is 35.5 Å². The predicted molar refractivity (Wildman–Crippen MR) is 96.6 cm³/mol. The van der Waals surface area contributed by atoms with Gasteiger partial charge in [-0.25, -0.2) is 18.4 Å². The third-order valence-electron chi connectivity index (χ3n) is 4.54. The van der Waals surface area contributed by atoms with Crippen LogP contribution in [0.5, 0.6) is 17.4 Å². The summed E-state index contributed by atoms with van der Waals surface area (Å²) in [6.07, 6.45) is 3.73. The van der Waals surface area contributed by atoms with Crippen LogP contribution in [-0.2, 0) is 10.0 Å². The number of piperidine rings is 1. The van der Waals surface area contributed by atoms with Crippen molar-refractivity contribution < 1.29 is 22.6 Å². The van der Waals surface area contributed by atoms with Crippen LogP contribution in [0.1, 0.15) is 18.5 Å². The standard InChI is InChI=1S/C18H18N4O5S/c19-11-15-18(21-6-5-20-15)27-13-2-1-7-22(12-13)28(23,24)14-3-4-16-17(10-14)26-9-8-25-16/h3-6,10,13H,1-2,7-9,12H2. The molecule has 1 aromatic carbocycles. The minimum Gasteiger partial charge on any atom is -0.486 e. The van der Waals surface area contributed by atoms with Crippen molar-refractivity contribution in [1.82, 2.24) is 14.3 Å². The van der Waals surface area contributed by atoms with Crippen molar-refractivity contribution in [2.45, 2.75) is 23.8 Å². The molecule has 0 radical (unpaired) electrons. The number of ether oxygens (including phenoxy) is 3. The van der Waals surface area contributed by atoms with E-state index in [4.69, 9.17) is 19.5 Å². The maximum atomic E-state index is 13.1. The van der Waals surface area contributed by atoms with Gasteiger partial charge < -0.3 is 14.2 Å². The highest BCUT2D eigenvalue weighted by atomic mass is 32.2. The molecule has 9 nitrogen and oxygen atoms in total. The Morgan fingerprint density at radius 1 is 1.18 bits per heavy atom. The van der Waals surface area contributed by atoms with E-state index >= 15 is 0 Å². The molecule has 2 aromatic rings. The van der Waals surface area contributed by atoms with Crippen molar-refractivity contribution in [3.05, 3.63) is 36.3 Å². The first-order valence-corrected chi connectivity index (χ1v) is 10.3. The van der Waals surface area contributed by atoms with Crippen LogP contribution in [0.25, 0.3) is 0 Å². The first-order valence-electron chi connectivity index (χ1n) is 8.85. The highest BCUT2D eigenvalue weighted by molar-refractivity contribution is 7.89. The monoisotopic (exact) mass is 402 g/mol.